The molecule has 0 bridgehead atoms. The maximum absolute atomic E-state index is 12.5. The van der Waals surface area contributed by atoms with Gasteiger partial charge in [0.05, 0.1) is 86.1 Å². The topological polar surface area (TPSA) is 293 Å². The standard InChI is InChI=1S/C29H39N3O7.C20H23NO5.C8H18N2O.C7H4ClNO4/c1-19(33)31-24-10-7-20-17-25(35-2)27(36-3)28(37-4)26(20)22-9-8-21(18-23(22)24)39-29(34)30-11-5-6-12-32-13-15-38-16-14-32;1-11(22)21-16-8-5-12-9-17(24-2)19(25-3)20(26-4)18(12)14-7-6-13(23)10-15(14)16;9-3-1-2-4-10-5-7-11-8-6-10;8-7(10)13-6-3-1-5(2-4-6)9(11)12/h8-9,17-18,24H,5-7,10-16H2,1-4H3,(H,30,34)(H,31,33);6-7,9-10,16,23H,5,8H2,1-4H3,(H,21,22);1-9H2;1-4H/t24-;16-;;/m00../s1. The van der Waals surface area contributed by atoms with Crippen LogP contribution in [0.4, 0.5) is 15.3 Å². The Morgan fingerprint density at radius 2 is 1.08 bits per heavy atom. The lowest BCUT2D eigenvalue weighted by Gasteiger charge is -2.26. The smallest absolute Gasteiger partial charge is 0.412 e. The molecule has 0 radical (unpaired) electrons. The van der Waals surface area contributed by atoms with Crippen LogP contribution in [0, 0.1) is 10.1 Å². The Morgan fingerprint density at radius 1 is 0.618 bits per heavy atom. The van der Waals surface area contributed by atoms with Crippen molar-refractivity contribution < 1.29 is 76.6 Å². The van der Waals surface area contributed by atoms with E-state index in [-0.39, 0.29) is 41.1 Å². The predicted molar refractivity (Wildman–Crippen MR) is 336 cm³/mol. The maximum Gasteiger partial charge on any atom is 0.412 e. The number of fused-ring (bicyclic) bond motifs is 6. The lowest BCUT2D eigenvalue weighted by Crippen LogP contribution is -2.37. The van der Waals surface area contributed by atoms with E-state index in [0.29, 0.717) is 72.5 Å². The first-order chi connectivity index (χ1) is 43.0. The van der Waals surface area contributed by atoms with Gasteiger partial charge in [0.1, 0.15) is 17.2 Å². The monoisotopic (exact) mass is 1260 g/mol. The van der Waals surface area contributed by atoms with E-state index >= 15 is 0 Å². The Morgan fingerprint density at radius 3 is 1.52 bits per heavy atom. The molecule has 0 aromatic heterocycles. The molecule has 484 valence electrons. The molecule has 4 aliphatic rings. The van der Waals surface area contributed by atoms with Gasteiger partial charge in [-0.15, -0.1) is 0 Å². The molecule has 6 N–H and O–H groups in total. The summed E-state index contributed by atoms with van der Waals surface area (Å²) in [5, 5.41) is 29.1. The number of nitrogens with two attached hydrogens (primary N) is 1. The highest BCUT2D eigenvalue weighted by molar-refractivity contribution is 6.61. The minimum absolute atomic E-state index is 0.0747. The van der Waals surface area contributed by atoms with E-state index < -0.39 is 16.4 Å². The zero-order valence-electron chi connectivity index (χ0n) is 52.0. The number of aryl methyl sites for hydroxylation is 2. The zero-order chi connectivity index (χ0) is 64.4. The summed E-state index contributed by atoms with van der Waals surface area (Å²) in [7, 11) is 9.51. The van der Waals surface area contributed by atoms with Crippen molar-refractivity contribution in [3.63, 3.8) is 0 Å². The molecular formula is C64H84ClN7O17. The fourth-order valence-corrected chi connectivity index (χ4v) is 11.0. The van der Waals surface area contributed by atoms with Gasteiger partial charge < -0.3 is 74.2 Å². The molecule has 2 atom stereocenters. The van der Waals surface area contributed by atoms with Crippen LogP contribution in [0.15, 0.2) is 72.8 Å². The lowest BCUT2D eigenvalue weighted by molar-refractivity contribution is -0.384. The fraction of sp³-hybridized carbons (Fsp3) is 0.469. The van der Waals surface area contributed by atoms with Crippen LogP contribution in [0.1, 0.15) is 86.7 Å². The molecule has 2 aliphatic carbocycles. The first-order valence-electron chi connectivity index (χ1n) is 29.5. The van der Waals surface area contributed by atoms with Crippen molar-refractivity contribution >= 4 is 40.6 Å². The Bertz CT molecular complexity index is 3160. The zero-order valence-corrected chi connectivity index (χ0v) is 52.8. The first-order valence-corrected chi connectivity index (χ1v) is 29.9. The van der Waals surface area contributed by atoms with Gasteiger partial charge in [-0.2, -0.15) is 0 Å². The number of phenols is 1. The second-order valence-electron chi connectivity index (χ2n) is 21.0. The third kappa shape index (κ3) is 20.2. The molecule has 0 saturated carbocycles. The number of nitrogens with one attached hydrogen (secondary N) is 3. The van der Waals surface area contributed by atoms with Gasteiger partial charge in [0.25, 0.3) is 5.69 Å². The number of phenolic OH excluding ortho intramolecular Hbond substituents is 1. The van der Waals surface area contributed by atoms with E-state index in [4.69, 9.17) is 60.0 Å². The van der Waals surface area contributed by atoms with Gasteiger partial charge in [0, 0.05) is 81.4 Å². The molecule has 5 aromatic rings. The molecule has 0 spiro atoms. The van der Waals surface area contributed by atoms with Gasteiger partial charge in [-0.3, -0.25) is 29.5 Å². The molecule has 5 aromatic carbocycles. The minimum atomic E-state index is -0.978. The summed E-state index contributed by atoms with van der Waals surface area (Å²) in [5.41, 5.74) is 11.6. The number of hydrogen-bond acceptors (Lipinski definition) is 20. The number of methoxy groups -OCH3 is 6. The normalized spacial score (nSPS) is 15.7. The van der Waals surface area contributed by atoms with Crippen molar-refractivity contribution in [2.24, 2.45) is 5.73 Å². The number of amides is 3. The Hall–Kier alpha value is -8.13. The van der Waals surface area contributed by atoms with Crippen molar-refractivity contribution in [3.8, 4) is 74.0 Å². The first kappa shape index (κ1) is 70.0. The van der Waals surface area contributed by atoms with Crippen molar-refractivity contribution in [3.05, 3.63) is 105 Å². The average Bonchev–Trinajstić information content (AvgIpc) is 1.77. The molecule has 2 heterocycles. The third-order valence-electron chi connectivity index (χ3n) is 15.1. The molecule has 25 heteroatoms. The number of non-ortho nitro benzene ring substituents is 1. The third-order valence-corrected chi connectivity index (χ3v) is 15.2. The van der Waals surface area contributed by atoms with E-state index in [0.717, 1.165) is 129 Å². The molecule has 0 unspecified atom stereocenters. The van der Waals surface area contributed by atoms with Crippen molar-refractivity contribution in [1.29, 1.82) is 0 Å². The van der Waals surface area contributed by atoms with Gasteiger partial charge in [-0.1, -0.05) is 12.1 Å². The van der Waals surface area contributed by atoms with Crippen LogP contribution in [-0.4, -0.2) is 165 Å². The summed E-state index contributed by atoms with van der Waals surface area (Å²) in [6.45, 7) is 14.1. The van der Waals surface area contributed by atoms with Crippen molar-refractivity contribution in [1.82, 2.24) is 25.8 Å². The van der Waals surface area contributed by atoms with Crippen LogP contribution in [0.2, 0.25) is 0 Å². The average molecular weight is 1260 g/mol. The van der Waals surface area contributed by atoms with Crippen LogP contribution < -0.4 is 59.6 Å². The quantitative estimate of drug-likeness (QED) is 0.0210. The number of carbonyl (C=O) groups excluding carboxylic acids is 4. The molecule has 2 saturated heterocycles. The number of rotatable bonds is 20. The van der Waals surface area contributed by atoms with Gasteiger partial charge in [0.15, 0.2) is 23.0 Å². The van der Waals surface area contributed by atoms with Gasteiger partial charge in [0.2, 0.25) is 23.3 Å². The van der Waals surface area contributed by atoms with Crippen LogP contribution in [-0.2, 0) is 31.9 Å². The Labute approximate surface area is 524 Å². The summed E-state index contributed by atoms with van der Waals surface area (Å²) in [6.07, 6.45) is 6.47. The number of ether oxygens (including phenoxy) is 10. The number of nitro benzene ring substituents is 1. The van der Waals surface area contributed by atoms with Crippen molar-refractivity contribution in [2.75, 3.05) is 121 Å². The molecule has 24 nitrogen and oxygen atoms in total. The predicted octanol–water partition coefficient (Wildman–Crippen LogP) is 9.30. The second-order valence-corrected chi connectivity index (χ2v) is 21.3. The number of morpholine rings is 2. The van der Waals surface area contributed by atoms with Crippen molar-refractivity contribution in [2.45, 2.75) is 77.3 Å². The van der Waals surface area contributed by atoms with Gasteiger partial charge in [-0.25, -0.2) is 9.59 Å². The van der Waals surface area contributed by atoms with E-state index in [1.165, 1.54) is 51.1 Å². The minimum Gasteiger partial charge on any atom is -0.508 e. The summed E-state index contributed by atoms with van der Waals surface area (Å²) in [6, 6.07) is 19.1. The number of nitrogens with zero attached hydrogens (tertiary/aromatic N) is 3. The highest BCUT2D eigenvalue weighted by atomic mass is 35.5. The van der Waals surface area contributed by atoms with Gasteiger partial charge in [-0.05, 0) is 153 Å². The van der Waals surface area contributed by atoms with Crippen LogP contribution in [0.5, 0.6) is 51.7 Å². The largest absolute Gasteiger partial charge is 0.508 e. The number of aromatic hydroxyl groups is 1. The van der Waals surface area contributed by atoms with Crippen LogP contribution >= 0.6 is 11.6 Å². The molecule has 9 rings (SSSR count). The van der Waals surface area contributed by atoms with E-state index in [1.54, 1.807) is 60.9 Å². The number of carbonyl (C=O) groups is 4. The molecular weight excluding hydrogens is 1170 g/mol. The van der Waals surface area contributed by atoms with E-state index in [1.807, 2.05) is 30.3 Å². The Balaban J connectivity index is 0.000000214. The summed E-state index contributed by atoms with van der Waals surface area (Å²) < 4.78 is 54.4. The maximum atomic E-state index is 12.5. The SMILES string of the molecule is COc1cc2c(c(OC)c1OC)-c1ccc(O)cc1[C@@H](NC(C)=O)CC2.COc1cc2c(c(OC)c1OC)-c1ccc(OC(=O)NCCCCN3CCOCC3)cc1[C@@H](NC(C)=O)CC2.NCCCCN1CCOCC1.O=C(Cl)Oc1ccc([N+](=O)[O-])cc1. The molecule has 89 heavy (non-hydrogen) atoms. The van der Waals surface area contributed by atoms with E-state index in [2.05, 4.69) is 30.5 Å². The second kappa shape index (κ2) is 35.8. The highest BCUT2D eigenvalue weighted by Crippen LogP contribution is 2.52. The van der Waals surface area contributed by atoms with Crippen LogP contribution in [0.25, 0.3) is 22.3 Å². The summed E-state index contributed by atoms with van der Waals surface area (Å²) in [4.78, 5) is 61.0. The number of unbranched alkanes of at least 4 members (excludes halogenated alkanes) is 2. The number of nitro groups is 1. The van der Waals surface area contributed by atoms with Gasteiger partial charge >= 0.3 is 11.5 Å². The number of hydrogen-bond donors (Lipinski definition) is 5. The molecule has 2 aliphatic heterocycles. The number of halogens is 1. The molecule has 3 amide bonds. The summed E-state index contributed by atoms with van der Waals surface area (Å²) in [5.74, 6) is 3.80. The van der Waals surface area contributed by atoms with Crippen LogP contribution in [0.3, 0.4) is 0 Å². The highest BCUT2D eigenvalue weighted by Gasteiger charge is 2.32. The Kier molecular flexibility index (Phi) is 28.1. The fourth-order valence-electron chi connectivity index (χ4n) is 10.9. The molecule has 2 fully saturated rings. The van der Waals surface area contributed by atoms with E-state index in [9.17, 15) is 34.4 Å². The lowest BCUT2D eigenvalue weighted by atomic mass is 9.93. The summed E-state index contributed by atoms with van der Waals surface area (Å²) >= 11 is 4.92. The number of benzene rings is 5.